The molecule has 0 aliphatic heterocycles. The molecule has 150 valence electrons. The van der Waals surface area contributed by atoms with E-state index in [1.165, 1.54) is 11.1 Å². The summed E-state index contributed by atoms with van der Waals surface area (Å²) in [5.74, 6) is 1.34. The van der Waals surface area contributed by atoms with Gasteiger partial charge in [0.1, 0.15) is 11.4 Å². The highest BCUT2D eigenvalue weighted by Crippen LogP contribution is 2.43. The second-order valence-electron chi connectivity index (χ2n) is 7.16. The molecule has 7 heteroatoms. The number of methoxy groups -OCH3 is 2. The van der Waals surface area contributed by atoms with Crippen LogP contribution in [0, 0.1) is 0 Å². The average molecular weight is 417 g/mol. The van der Waals surface area contributed by atoms with Crippen molar-refractivity contribution in [2.45, 2.75) is 11.8 Å². The van der Waals surface area contributed by atoms with Crippen LogP contribution in [0.2, 0.25) is 0 Å². The first-order valence-corrected chi connectivity index (χ1v) is 10.3. The van der Waals surface area contributed by atoms with E-state index in [1.54, 1.807) is 14.2 Å². The molecule has 0 saturated heterocycles. The van der Waals surface area contributed by atoms with Gasteiger partial charge in [-0.3, -0.25) is 5.10 Å². The lowest BCUT2D eigenvalue weighted by molar-refractivity contribution is 0.403. The first-order chi connectivity index (χ1) is 14.7. The molecule has 0 fully saturated rings. The third-order valence-electron chi connectivity index (χ3n) is 5.64. The molecule has 5 rings (SSSR count). The predicted octanol–water partition coefficient (Wildman–Crippen LogP) is 4.50. The minimum Gasteiger partial charge on any atom is -0.497 e. The molecule has 1 unspecified atom stereocenters. The monoisotopic (exact) mass is 416 g/mol. The Labute approximate surface area is 178 Å². The zero-order chi connectivity index (χ0) is 20.6. The fraction of sp³-hybridized carbons (Fsp3) is 0.174. The van der Waals surface area contributed by atoms with Crippen molar-refractivity contribution in [1.82, 2.24) is 18.9 Å². The summed E-state index contributed by atoms with van der Waals surface area (Å²) in [5, 5.41) is 7.80. The van der Waals surface area contributed by atoms with Crippen LogP contribution in [0.3, 0.4) is 0 Å². The van der Waals surface area contributed by atoms with Gasteiger partial charge in [-0.1, -0.05) is 54.6 Å². The van der Waals surface area contributed by atoms with Crippen LogP contribution < -0.4 is 9.47 Å². The maximum absolute atomic E-state index is 5.36. The molecule has 1 aliphatic carbocycles. The van der Waals surface area contributed by atoms with Crippen molar-refractivity contribution in [2.24, 2.45) is 0 Å². The maximum Gasteiger partial charge on any atom is 0.255 e. The van der Waals surface area contributed by atoms with E-state index < -0.39 is 0 Å². The topological polar surface area (TPSA) is 72.9 Å². The van der Waals surface area contributed by atoms with Gasteiger partial charge >= 0.3 is 0 Å². The number of hydrogen-bond acceptors (Lipinski definition) is 6. The molecule has 0 radical (unpaired) electrons. The summed E-state index contributed by atoms with van der Waals surface area (Å²) in [6, 6.07) is 18.8. The number of hydrogen-bond donors (Lipinski definition) is 1. The molecule has 6 nitrogen and oxygen atoms in total. The molecule has 0 bridgehead atoms. The average Bonchev–Trinajstić information content (AvgIpc) is 3.45. The highest BCUT2D eigenvalue weighted by atomic mass is 32.1. The number of fused-ring (bicyclic) bond motifs is 1. The lowest BCUT2D eigenvalue weighted by atomic mass is 9.68. The summed E-state index contributed by atoms with van der Waals surface area (Å²) in [5.41, 5.74) is 5.63. The van der Waals surface area contributed by atoms with Crippen molar-refractivity contribution in [3.63, 3.8) is 0 Å². The number of nitrogens with one attached hydrogen (secondary N) is 1. The summed E-state index contributed by atoms with van der Waals surface area (Å²) in [7, 11) is 3.28. The second kappa shape index (κ2) is 7.42. The van der Waals surface area contributed by atoms with Crippen LogP contribution in [0.1, 0.15) is 22.4 Å². The van der Waals surface area contributed by atoms with Crippen LogP contribution in [-0.4, -0.2) is 33.2 Å². The zero-order valence-corrected chi connectivity index (χ0v) is 17.4. The Balaban J connectivity index is 1.63. The van der Waals surface area contributed by atoms with E-state index in [0.717, 1.165) is 40.8 Å². The molecule has 2 aromatic heterocycles. The Morgan fingerprint density at radius 2 is 1.67 bits per heavy atom. The van der Waals surface area contributed by atoms with E-state index in [-0.39, 0.29) is 5.41 Å². The van der Waals surface area contributed by atoms with Crippen LogP contribution >= 0.6 is 11.7 Å². The Bertz CT molecular complexity index is 1200. The number of allylic oxidation sites excluding steroid dienone is 1. The van der Waals surface area contributed by atoms with Crippen LogP contribution in [-0.2, 0) is 11.8 Å². The Morgan fingerprint density at radius 3 is 2.40 bits per heavy atom. The molecular formula is C23H20N4O2S. The highest BCUT2D eigenvalue weighted by molar-refractivity contribution is 6.99. The molecule has 1 atom stereocenters. The van der Waals surface area contributed by atoms with Gasteiger partial charge in [-0.25, -0.2) is 0 Å². The van der Waals surface area contributed by atoms with Crippen LogP contribution in [0.5, 0.6) is 11.6 Å². The number of nitrogens with zero attached hydrogens (tertiary/aromatic N) is 3. The Morgan fingerprint density at radius 1 is 0.900 bits per heavy atom. The van der Waals surface area contributed by atoms with Gasteiger partial charge in [-0.15, -0.1) is 4.37 Å². The van der Waals surface area contributed by atoms with Crippen molar-refractivity contribution in [3.05, 3.63) is 83.1 Å². The van der Waals surface area contributed by atoms with Crippen molar-refractivity contribution < 1.29 is 9.47 Å². The normalized spacial score (nSPS) is 17.5. The molecule has 1 N–H and O–H groups in total. The minimum atomic E-state index is -0.311. The minimum absolute atomic E-state index is 0.311. The van der Waals surface area contributed by atoms with Gasteiger partial charge in [0.25, 0.3) is 5.88 Å². The first kappa shape index (κ1) is 18.6. The third kappa shape index (κ3) is 2.90. The van der Waals surface area contributed by atoms with E-state index >= 15 is 0 Å². The van der Waals surface area contributed by atoms with Crippen LogP contribution in [0.25, 0.3) is 17.5 Å². The van der Waals surface area contributed by atoms with Gasteiger partial charge in [-0.05, 0) is 23.3 Å². The number of H-pyrrole nitrogens is 1. The quantitative estimate of drug-likeness (QED) is 0.519. The fourth-order valence-corrected chi connectivity index (χ4v) is 4.61. The number of ether oxygens (including phenoxy) is 2. The van der Waals surface area contributed by atoms with Crippen molar-refractivity contribution in [3.8, 4) is 23.0 Å². The molecule has 1 aliphatic rings. The predicted molar refractivity (Wildman–Crippen MR) is 117 cm³/mol. The summed E-state index contributed by atoms with van der Waals surface area (Å²) in [6.45, 7) is 0. The van der Waals surface area contributed by atoms with Crippen molar-refractivity contribution >= 4 is 17.8 Å². The molecule has 0 amide bonds. The Kier molecular flexibility index (Phi) is 4.59. The Hall–Kier alpha value is -3.45. The van der Waals surface area contributed by atoms with Gasteiger partial charge < -0.3 is 9.47 Å². The number of aromatic amines is 1. The fourth-order valence-electron chi connectivity index (χ4n) is 4.09. The molecule has 2 heterocycles. The van der Waals surface area contributed by atoms with E-state index in [2.05, 4.69) is 67.5 Å². The number of benzene rings is 2. The lowest BCUT2D eigenvalue weighted by Crippen LogP contribution is -2.30. The first-order valence-electron chi connectivity index (χ1n) is 9.58. The zero-order valence-electron chi connectivity index (χ0n) is 16.6. The maximum atomic E-state index is 5.36. The van der Waals surface area contributed by atoms with E-state index in [0.29, 0.717) is 11.6 Å². The van der Waals surface area contributed by atoms with Gasteiger partial charge in [0.2, 0.25) is 0 Å². The van der Waals surface area contributed by atoms with Gasteiger partial charge in [-0.2, -0.15) is 9.47 Å². The molecule has 2 aromatic carbocycles. The molecule has 0 saturated carbocycles. The van der Waals surface area contributed by atoms with Gasteiger partial charge in [0.05, 0.1) is 25.9 Å². The van der Waals surface area contributed by atoms with Crippen molar-refractivity contribution in [2.75, 3.05) is 14.2 Å². The van der Waals surface area contributed by atoms with Gasteiger partial charge in [0.15, 0.2) is 5.69 Å². The molecule has 30 heavy (non-hydrogen) atoms. The van der Waals surface area contributed by atoms with Crippen LogP contribution in [0.15, 0.2) is 60.7 Å². The van der Waals surface area contributed by atoms with Gasteiger partial charge in [0, 0.05) is 23.1 Å². The largest absolute Gasteiger partial charge is 0.497 e. The van der Waals surface area contributed by atoms with Crippen molar-refractivity contribution in [1.29, 1.82) is 0 Å². The second-order valence-corrected chi connectivity index (χ2v) is 7.69. The van der Waals surface area contributed by atoms with Crippen LogP contribution in [0.4, 0.5) is 0 Å². The standard InChI is InChI=1S/C23H20N4O2S/c1-28-17-10-8-16(9-11-17)23(15-6-4-3-5-7-15)13-12-18-19(14-23)24-25-20(18)21-22(29-2)27-30-26-21/h3-13H,14H2,1-2H3,(H,24,25). The third-order valence-corrected chi connectivity index (χ3v) is 6.15. The molecule has 4 aromatic rings. The molecular weight excluding hydrogens is 396 g/mol. The summed E-state index contributed by atoms with van der Waals surface area (Å²) < 4.78 is 19.3. The summed E-state index contributed by atoms with van der Waals surface area (Å²) >= 11 is 1.12. The molecule has 0 spiro atoms. The van der Waals surface area contributed by atoms with E-state index in [9.17, 15) is 0 Å². The number of aromatic nitrogens is 4. The highest BCUT2D eigenvalue weighted by Gasteiger charge is 2.37. The smallest absolute Gasteiger partial charge is 0.255 e. The lowest BCUT2D eigenvalue weighted by Gasteiger charge is -2.34. The number of rotatable bonds is 5. The van der Waals surface area contributed by atoms with E-state index in [4.69, 9.17) is 9.47 Å². The SMILES string of the molecule is COc1ccc(C2(c3ccccc3)C=Cc3c(-c4nsnc4OC)n[nH]c3C2)cc1. The summed E-state index contributed by atoms with van der Waals surface area (Å²) in [4.78, 5) is 0. The summed E-state index contributed by atoms with van der Waals surface area (Å²) in [6.07, 6.45) is 5.15. The van der Waals surface area contributed by atoms with E-state index in [1.807, 2.05) is 18.2 Å².